The molecule has 0 radical (unpaired) electrons. The highest BCUT2D eigenvalue weighted by Gasteiger charge is 2.53. The molecule has 0 saturated carbocycles. The van der Waals surface area contributed by atoms with Gasteiger partial charge in [0.2, 0.25) is 5.91 Å². The molecule has 2 saturated heterocycles. The van der Waals surface area contributed by atoms with Crippen molar-refractivity contribution in [3.05, 3.63) is 44.8 Å². The molecule has 6 nitrogen and oxygen atoms in total. The zero-order chi connectivity index (χ0) is 19.3. The smallest absolute Gasteiger partial charge is 0.336 e. The molecule has 1 aromatic carbocycles. The minimum atomic E-state index is -0.591. The molecule has 27 heavy (non-hydrogen) atoms. The average Bonchev–Trinajstić information content (AvgIpc) is 3.10. The van der Waals surface area contributed by atoms with E-state index in [0.717, 1.165) is 12.0 Å². The molecule has 2 aliphatic heterocycles. The molecule has 142 valence electrons. The SMILES string of the molecule is Cc1cc2oc(=O)cc(COC(=O)[C@@H]3CS[C@]4(C)CCC(=O)N34)c2cc1Cl. The Hall–Kier alpha value is -1.99. The van der Waals surface area contributed by atoms with Crippen molar-refractivity contribution < 1.29 is 18.7 Å². The first kappa shape index (κ1) is 18.4. The van der Waals surface area contributed by atoms with Crippen molar-refractivity contribution >= 4 is 46.2 Å². The van der Waals surface area contributed by atoms with Crippen molar-refractivity contribution in [1.29, 1.82) is 0 Å². The molecule has 0 aliphatic carbocycles. The molecule has 1 aromatic heterocycles. The lowest BCUT2D eigenvalue weighted by Crippen LogP contribution is -2.46. The molecular formula is C19H18ClNO5S. The summed E-state index contributed by atoms with van der Waals surface area (Å²) in [4.78, 5) is 38.0. The number of fused-ring (bicyclic) bond motifs is 2. The number of halogens is 1. The van der Waals surface area contributed by atoms with Crippen LogP contribution in [0.1, 0.15) is 30.9 Å². The monoisotopic (exact) mass is 407 g/mol. The summed E-state index contributed by atoms with van der Waals surface area (Å²) in [5.41, 5.74) is 1.19. The number of thioether (sulfide) groups is 1. The van der Waals surface area contributed by atoms with Gasteiger partial charge < -0.3 is 14.1 Å². The lowest BCUT2D eigenvalue weighted by Gasteiger charge is -2.29. The number of ether oxygens (including phenoxy) is 1. The van der Waals surface area contributed by atoms with Crippen LogP contribution in [-0.4, -0.2) is 33.4 Å². The second kappa shape index (κ2) is 6.56. The van der Waals surface area contributed by atoms with Gasteiger partial charge in [0.25, 0.3) is 0 Å². The van der Waals surface area contributed by atoms with E-state index in [2.05, 4.69) is 0 Å². The third-order valence-corrected chi connectivity index (χ3v) is 7.11. The van der Waals surface area contributed by atoms with E-state index in [1.807, 2.05) is 13.8 Å². The number of carbonyl (C=O) groups is 2. The molecular weight excluding hydrogens is 390 g/mol. The first-order valence-corrected chi connectivity index (χ1v) is 10.0. The van der Waals surface area contributed by atoms with Crippen LogP contribution in [0.3, 0.4) is 0 Å². The first-order valence-electron chi connectivity index (χ1n) is 8.64. The summed E-state index contributed by atoms with van der Waals surface area (Å²) in [6, 6.07) is 4.10. The van der Waals surface area contributed by atoms with Crippen molar-refractivity contribution in [2.45, 2.75) is 44.2 Å². The molecule has 1 amide bonds. The predicted octanol–water partition coefficient (Wildman–Crippen LogP) is 3.25. The largest absolute Gasteiger partial charge is 0.459 e. The molecule has 3 heterocycles. The van der Waals surface area contributed by atoms with Crippen LogP contribution in [-0.2, 0) is 20.9 Å². The third kappa shape index (κ3) is 3.12. The van der Waals surface area contributed by atoms with Crippen LogP contribution in [0.2, 0.25) is 5.02 Å². The minimum absolute atomic E-state index is 0.0162. The summed E-state index contributed by atoms with van der Waals surface area (Å²) in [5, 5.41) is 1.16. The summed E-state index contributed by atoms with van der Waals surface area (Å²) >= 11 is 7.79. The fraction of sp³-hybridized carbons (Fsp3) is 0.421. The van der Waals surface area contributed by atoms with Crippen molar-refractivity contribution in [3.63, 3.8) is 0 Å². The van der Waals surface area contributed by atoms with Crippen molar-refractivity contribution in [3.8, 4) is 0 Å². The van der Waals surface area contributed by atoms with E-state index in [0.29, 0.717) is 33.7 Å². The Morgan fingerprint density at radius 3 is 2.96 bits per heavy atom. The summed E-state index contributed by atoms with van der Waals surface area (Å²) in [5.74, 6) is 0.0441. The molecule has 0 spiro atoms. The summed E-state index contributed by atoms with van der Waals surface area (Å²) in [6.45, 7) is 3.71. The van der Waals surface area contributed by atoms with E-state index in [9.17, 15) is 14.4 Å². The molecule has 0 N–H and O–H groups in total. The van der Waals surface area contributed by atoms with E-state index < -0.39 is 17.6 Å². The average molecular weight is 408 g/mol. The normalized spacial score (nSPS) is 24.5. The van der Waals surface area contributed by atoms with Crippen molar-refractivity contribution in [1.82, 2.24) is 4.90 Å². The zero-order valence-electron chi connectivity index (χ0n) is 14.9. The van der Waals surface area contributed by atoms with Gasteiger partial charge in [-0.15, -0.1) is 11.8 Å². The summed E-state index contributed by atoms with van der Waals surface area (Å²) in [7, 11) is 0. The number of hydrogen-bond acceptors (Lipinski definition) is 6. The van der Waals surface area contributed by atoms with E-state index in [1.54, 1.807) is 28.8 Å². The first-order chi connectivity index (χ1) is 12.8. The Bertz CT molecular complexity index is 1020. The molecule has 2 fully saturated rings. The van der Waals surface area contributed by atoms with Gasteiger partial charge in [0.15, 0.2) is 0 Å². The van der Waals surface area contributed by atoms with Gasteiger partial charge in [-0.25, -0.2) is 9.59 Å². The van der Waals surface area contributed by atoms with Crippen molar-refractivity contribution in [2.75, 3.05) is 5.75 Å². The fourth-order valence-electron chi connectivity index (χ4n) is 3.71. The fourth-order valence-corrected chi connectivity index (χ4v) is 5.29. The number of hydrogen-bond donors (Lipinski definition) is 0. The van der Waals surface area contributed by atoms with Crippen LogP contribution in [0.25, 0.3) is 11.0 Å². The predicted molar refractivity (Wildman–Crippen MR) is 103 cm³/mol. The lowest BCUT2D eigenvalue weighted by molar-refractivity contribution is -0.154. The Kier molecular flexibility index (Phi) is 4.47. The number of aryl methyl sites for hydroxylation is 1. The van der Waals surface area contributed by atoms with Crippen LogP contribution in [0, 0.1) is 6.92 Å². The van der Waals surface area contributed by atoms with Gasteiger partial charge in [0.1, 0.15) is 18.2 Å². The van der Waals surface area contributed by atoms with E-state index in [1.165, 1.54) is 6.07 Å². The van der Waals surface area contributed by atoms with E-state index >= 15 is 0 Å². The van der Waals surface area contributed by atoms with Crippen LogP contribution < -0.4 is 5.63 Å². The van der Waals surface area contributed by atoms with Gasteiger partial charge in [-0.05, 0) is 38.0 Å². The number of amides is 1. The maximum atomic E-state index is 12.6. The molecule has 2 atom stereocenters. The van der Waals surface area contributed by atoms with Gasteiger partial charge in [-0.3, -0.25) is 4.79 Å². The Labute approximate surface area is 164 Å². The topological polar surface area (TPSA) is 76.8 Å². The maximum Gasteiger partial charge on any atom is 0.336 e. The Morgan fingerprint density at radius 2 is 2.19 bits per heavy atom. The van der Waals surface area contributed by atoms with Crippen LogP contribution >= 0.6 is 23.4 Å². The Morgan fingerprint density at radius 1 is 1.41 bits per heavy atom. The van der Waals surface area contributed by atoms with E-state index in [4.69, 9.17) is 20.8 Å². The van der Waals surface area contributed by atoms with Crippen LogP contribution in [0.5, 0.6) is 0 Å². The summed E-state index contributed by atoms with van der Waals surface area (Å²) in [6.07, 6.45) is 1.19. The van der Waals surface area contributed by atoms with Gasteiger partial charge in [-0.2, -0.15) is 0 Å². The van der Waals surface area contributed by atoms with Gasteiger partial charge in [0.05, 0.1) is 4.87 Å². The van der Waals surface area contributed by atoms with Crippen molar-refractivity contribution in [2.24, 2.45) is 0 Å². The highest BCUT2D eigenvalue weighted by molar-refractivity contribution is 8.01. The Balaban J connectivity index is 1.57. The second-order valence-electron chi connectivity index (χ2n) is 7.06. The standard InChI is InChI=1S/C19H18ClNO5S/c1-10-5-15-12(7-13(10)20)11(6-17(23)26-15)8-25-18(24)14-9-27-19(2)4-3-16(22)21(14)19/h5-7,14H,3-4,8-9H2,1-2H3/t14-,19+/m0/s1. The number of rotatable bonds is 3. The molecule has 0 bridgehead atoms. The minimum Gasteiger partial charge on any atom is -0.459 e. The lowest BCUT2D eigenvalue weighted by atomic mass is 10.1. The van der Waals surface area contributed by atoms with Crippen LogP contribution in [0.15, 0.2) is 27.4 Å². The van der Waals surface area contributed by atoms with E-state index in [-0.39, 0.29) is 17.4 Å². The summed E-state index contributed by atoms with van der Waals surface area (Å²) < 4.78 is 10.7. The molecule has 2 aliphatic rings. The number of nitrogens with zero attached hydrogens (tertiary/aromatic N) is 1. The third-order valence-electron chi connectivity index (χ3n) is 5.20. The maximum absolute atomic E-state index is 12.6. The highest BCUT2D eigenvalue weighted by atomic mass is 35.5. The highest BCUT2D eigenvalue weighted by Crippen LogP contribution is 2.47. The molecule has 8 heteroatoms. The number of carbonyl (C=O) groups excluding carboxylic acids is 2. The number of benzene rings is 1. The number of esters is 1. The molecule has 0 unspecified atom stereocenters. The van der Waals surface area contributed by atoms with Gasteiger partial charge >= 0.3 is 11.6 Å². The van der Waals surface area contributed by atoms with Gasteiger partial charge in [-0.1, -0.05) is 11.6 Å². The molecule has 4 rings (SSSR count). The molecule has 2 aromatic rings. The van der Waals surface area contributed by atoms with Gasteiger partial charge in [0, 0.05) is 34.2 Å². The van der Waals surface area contributed by atoms with Crippen LogP contribution in [0.4, 0.5) is 0 Å². The quantitative estimate of drug-likeness (QED) is 0.574. The second-order valence-corrected chi connectivity index (χ2v) is 8.97. The zero-order valence-corrected chi connectivity index (χ0v) is 16.5.